The molecule has 0 saturated carbocycles. The number of carbonyl (C=O) groups is 1. The van der Waals surface area contributed by atoms with E-state index in [1.54, 1.807) is 0 Å². The van der Waals surface area contributed by atoms with E-state index in [-0.39, 0.29) is 18.3 Å². The van der Waals surface area contributed by atoms with E-state index < -0.39 is 0 Å². The summed E-state index contributed by atoms with van der Waals surface area (Å²) in [5.41, 5.74) is 5.17. The van der Waals surface area contributed by atoms with Gasteiger partial charge in [-0.15, -0.1) is 12.4 Å². The Balaban J connectivity index is 0.00000192. The molecule has 1 fully saturated rings. The molecule has 0 spiro atoms. The third kappa shape index (κ3) is 3.59. The van der Waals surface area contributed by atoms with Gasteiger partial charge in [0.1, 0.15) is 0 Å². The van der Waals surface area contributed by atoms with Gasteiger partial charge in [-0.3, -0.25) is 4.79 Å². The van der Waals surface area contributed by atoms with E-state index in [4.69, 9.17) is 0 Å². The number of halogens is 1. The first kappa shape index (κ1) is 17.6. The van der Waals surface area contributed by atoms with E-state index >= 15 is 0 Å². The predicted octanol–water partition coefficient (Wildman–Crippen LogP) is 2.77. The van der Waals surface area contributed by atoms with Gasteiger partial charge >= 0.3 is 0 Å². The van der Waals surface area contributed by atoms with Gasteiger partial charge < -0.3 is 15.2 Å². The molecule has 1 aromatic carbocycles. The largest absolute Gasteiger partial charge is 0.352 e. The number of benzene rings is 1. The van der Waals surface area contributed by atoms with Gasteiger partial charge in [0.15, 0.2) is 0 Å². The Kier molecular flexibility index (Phi) is 5.50. The maximum Gasteiger partial charge on any atom is 0.253 e. The Labute approximate surface area is 143 Å². The molecule has 1 aromatic heterocycles. The van der Waals surface area contributed by atoms with Crippen LogP contribution in [0.5, 0.6) is 0 Å². The van der Waals surface area contributed by atoms with Crippen molar-refractivity contribution in [3.63, 3.8) is 0 Å². The molecule has 23 heavy (non-hydrogen) atoms. The predicted molar refractivity (Wildman–Crippen MR) is 95.9 cm³/mol. The Morgan fingerprint density at radius 1 is 1.26 bits per heavy atom. The van der Waals surface area contributed by atoms with Crippen LogP contribution in [-0.4, -0.2) is 30.1 Å². The Morgan fingerprint density at radius 2 is 2.00 bits per heavy atom. The highest BCUT2D eigenvalue weighted by Gasteiger charge is 2.20. The summed E-state index contributed by atoms with van der Waals surface area (Å²) in [7, 11) is 0. The van der Waals surface area contributed by atoms with Gasteiger partial charge in [0.25, 0.3) is 5.91 Å². The topological polar surface area (TPSA) is 46.1 Å². The van der Waals surface area contributed by atoms with Crippen molar-refractivity contribution in [1.29, 1.82) is 0 Å². The zero-order valence-electron chi connectivity index (χ0n) is 13.8. The minimum atomic E-state index is 0. The van der Waals surface area contributed by atoms with Gasteiger partial charge in [0.05, 0.1) is 5.56 Å². The summed E-state index contributed by atoms with van der Waals surface area (Å²) in [5.74, 6) is 0.600. The van der Waals surface area contributed by atoms with Crippen molar-refractivity contribution >= 4 is 18.3 Å². The molecule has 0 radical (unpaired) electrons. The molecule has 124 valence electrons. The molecular formula is C18H24ClN3O. The van der Waals surface area contributed by atoms with Crippen molar-refractivity contribution in [2.45, 2.75) is 20.8 Å². The summed E-state index contributed by atoms with van der Waals surface area (Å²) in [4.78, 5) is 12.4. The van der Waals surface area contributed by atoms with Crippen molar-refractivity contribution in [3.05, 3.63) is 52.8 Å². The second-order valence-corrected chi connectivity index (χ2v) is 6.19. The van der Waals surface area contributed by atoms with Gasteiger partial charge in [0.2, 0.25) is 0 Å². The third-order valence-electron chi connectivity index (χ3n) is 4.35. The molecule has 3 rings (SSSR count). The summed E-state index contributed by atoms with van der Waals surface area (Å²) < 4.78 is 2.15. The van der Waals surface area contributed by atoms with Crippen LogP contribution in [0.15, 0.2) is 30.3 Å². The molecule has 2 heterocycles. The van der Waals surface area contributed by atoms with Gasteiger partial charge in [-0.25, -0.2) is 0 Å². The van der Waals surface area contributed by atoms with Gasteiger partial charge in [-0.1, -0.05) is 12.1 Å². The van der Waals surface area contributed by atoms with E-state index in [1.807, 2.05) is 26.0 Å². The minimum absolute atomic E-state index is 0. The molecule has 4 nitrogen and oxygen atoms in total. The van der Waals surface area contributed by atoms with E-state index in [0.717, 1.165) is 42.3 Å². The number of rotatable bonds is 4. The second-order valence-electron chi connectivity index (χ2n) is 6.19. The fraction of sp³-hybridized carbons (Fsp3) is 0.389. The molecule has 2 aromatic rings. The number of aromatic nitrogens is 1. The lowest BCUT2D eigenvalue weighted by molar-refractivity contribution is 0.0941. The van der Waals surface area contributed by atoms with Crippen LogP contribution in [0.1, 0.15) is 27.3 Å². The summed E-state index contributed by atoms with van der Waals surface area (Å²) in [6, 6.07) is 10.3. The molecule has 0 atom stereocenters. The zero-order chi connectivity index (χ0) is 15.7. The third-order valence-corrected chi connectivity index (χ3v) is 4.35. The van der Waals surface area contributed by atoms with Gasteiger partial charge in [-0.05, 0) is 44.5 Å². The van der Waals surface area contributed by atoms with Crippen molar-refractivity contribution in [1.82, 2.24) is 15.2 Å². The molecule has 1 aliphatic rings. The maximum atomic E-state index is 12.4. The number of nitrogens with one attached hydrogen (secondary N) is 2. The molecule has 2 N–H and O–H groups in total. The second kappa shape index (κ2) is 7.20. The molecule has 0 aliphatic carbocycles. The van der Waals surface area contributed by atoms with Crippen LogP contribution in [0.3, 0.4) is 0 Å². The first-order valence-corrected chi connectivity index (χ1v) is 7.81. The van der Waals surface area contributed by atoms with Crippen LogP contribution in [-0.2, 0) is 0 Å². The van der Waals surface area contributed by atoms with Gasteiger partial charge in [0, 0.05) is 42.6 Å². The monoisotopic (exact) mass is 333 g/mol. The van der Waals surface area contributed by atoms with Crippen LogP contribution < -0.4 is 10.6 Å². The van der Waals surface area contributed by atoms with Crippen molar-refractivity contribution < 1.29 is 4.79 Å². The Bertz CT molecular complexity index is 704. The van der Waals surface area contributed by atoms with E-state index in [1.165, 1.54) is 5.56 Å². The highest BCUT2D eigenvalue weighted by atomic mass is 35.5. The fourth-order valence-electron chi connectivity index (χ4n) is 2.98. The highest BCUT2D eigenvalue weighted by Crippen LogP contribution is 2.21. The van der Waals surface area contributed by atoms with Crippen molar-refractivity contribution in [3.8, 4) is 5.69 Å². The average Bonchev–Trinajstić information content (AvgIpc) is 2.72. The van der Waals surface area contributed by atoms with Crippen LogP contribution in [0.2, 0.25) is 0 Å². The van der Waals surface area contributed by atoms with Crippen LogP contribution in [0.4, 0.5) is 0 Å². The lowest BCUT2D eigenvalue weighted by Crippen LogP contribution is -2.48. The molecule has 0 bridgehead atoms. The van der Waals surface area contributed by atoms with E-state index in [2.05, 4.69) is 40.3 Å². The molecule has 1 saturated heterocycles. The normalized spacial score (nSPS) is 14.0. The van der Waals surface area contributed by atoms with Crippen molar-refractivity contribution in [2.24, 2.45) is 5.92 Å². The average molecular weight is 334 g/mol. The number of hydrogen-bond acceptors (Lipinski definition) is 2. The lowest BCUT2D eigenvalue weighted by atomic mass is 10.0. The fourth-order valence-corrected chi connectivity index (χ4v) is 2.98. The lowest BCUT2D eigenvalue weighted by Gasteiger charge is -2.27. The molecular weight excluding hydrogens is 310 g/mol. The van der Waals surface area contributed by atoms with Crippen LogP contribution in [0, 0.1) is 26.7 Å². The number of hydrogen-bond donors (Lipinski definition) is 2. The van der Waals surface area contributed by atoms with Crippen LogP contribution in [0.25, 0.3) is 5.69 Å². The molecule has 0 unspecified atom stereocenters. The van der Waals surface area contributed by atoms with Crippen molar-refractivity contribution in [2.75, 3.05) is 19.6 Å². The minimum Gasteiger partial charge on any atom is -0.352 e. The SMILES string of the molecule is Cc1cccc(-n2c(C)cc(C(=O)NCC3CNC3)c2C)c1.Cl. The number of carbonyl (C=O) groups excluding carboxylic acids is 1. The molecule has 1 aliphatic heterocycles. The van der Waals surface area contributed by atoms with Gasteiger partial charge in [-0.2, -0.15) is 0 Å². The first-order chi connectivity index (χ1) is 10.6. The summed E-state index contributed by atoms with van der Waals surface area (Å²) in [5, 5.41) is 6.27. The molecule has 1 amide bonds. The molecule has 5 heteroatoms. The zero-order valence-corrected chi connectivity index (χ0v) is 14.7. The van der Waals surface area contributed by atoms with Crippen LogP contribution >= 0.6 is 12.4 Å². The first-order valence-electron chi connectivity index (χ1n) is 7.81. The standard InChI is InChI=1S/C18H23N3O.ClH/c1-12-5-4-6-16(7-12)21-13(2)8-17(14(21)3)18(22)20-11-15-9-19-10-15;/h4-8,15,19H,9-11H2,1-3H3,(H,20,22);1H. The summed E-state index contributed by atoms with van der Waals surface area (Å²) >= 11 is 0. The number of amides is 1. The highest BCUT2D eigenvalue weighted by molar-refractivity contribution is 5.95. The Morgan fingerprint density at radius 3 is 2.61 bits per heavy atom. The number of aryl methyl sites for hydroxylation is 2. The maximum absolute atomic E-state index is 12.4. The summed E-state index contributed by atoms with van der Waals surface area (Å²) in [6.45, 7) is 8.89. The quantitative estimate of drug-likeness (QED) is 0.903. The van der Waals surface area contributed by atoms with E-state index in [0.29, 0.717) is 5.92 Å². The Hall–Kier alpha value is -1.78. The summed E-state index contributed by atoms with van der Waals surface area (Å²) in [6.07, 6.45) is 0. The number of nitrogens with zero attached hydrogens (tertiary/aromatic N) is 1. The van der Waals surface area contributed by atoms with E-state index in [9.17, 15) is 4.79 Å². The smallest absolute Gasteiger partial charge is 0.253 e.